The maximum Gasteiger partial charge on any atom is 0.270 e. The Bertz CT molecular complexity index is 1250. The van der Waals surface area contributed by atoms with E-state index in [1.165, 1.54) is 25.3 Å². The maximum absolute atomic E-state index is 13.1. The van der Waals surface area contributed by atoms with E-state index < -0.39 is 14.9 Å². The summed E-state index contributed by atoms with van der Waals surface area (Å²) in [6, 6.07) is 18.5. The van der Waals surface area contributed by atoms with Crippen molar-refractivity contribution in [3.8, 4) is 5.75 Å². The van der Waals surface area contributed by atoms with E-state index in [1.807, 2.05) is 0 Å². The van der Waals surface area contributed by atoms with Crippen LogP contribution in [-0.4, -0.2) is 39.4 Å². The Kier molecular flexibility index (Phi) is 7.46. The number of ether oxygens (including phenoxy) is 1. The highest BCUT2D eigenvalue weighted by Crippen LogP contribution is 2.31. The Morgan fingerprint density at radius 3 is 2.36 bits per heavy atom. The van der Waals surface area contributed by atoms with Gasteiger partial charge in [-0.3, -0.25) is 19.6 Å². The lowest BCUT2D eigenvalue weighted by molar-refractivity contribution is -0.385. The number of carbonyl (C=O) groups excluding carboxylic acids is 1. The standard InChI is InChI=1S/C22H22N4O6S/c1-32-20-10-6-5-9-18(20)25-33(30,31)21-15-17(26(28)29)11-12-19(21)23-13-14-24-22(27)16-7-3-2-4-8-16/h2-12,15,23,25H,13-14H2,1H3,(H,24,27). The Morgan fingerprint density at radius 2 is 1.67 bits per heavy atom. The highest BCUT2D eigenvalue weighted by Gasteiger charge is 2.23. The number of nitrogens with one attached hydrogen (secondary N) is 3. The summed E-state index contributed by atoms with van der Waals surface area (Å²) in [6.45, 7) is 0.387. The topological polar surface area (TPSA) is 140 Å². The van der Waals surface area contributed by atoms with E-state index in [-0.39, 0.29) is 41.0 Å². The number of nitro benzene ring substituents is 1. The summed E-state index contributed by atoms with van der Waals surface area (Å²) in [6.07, 6.45) is 0. The molecule has 11 heteroatoms. The van der Waals surface area contributed by atoms with Crippen LogP contribution in [0, 0.1) is 10.1 Å². The molecule has 0 unspecified atom stereocenters. The summed E-state index contributed by atoms with van der Waals surface area (Å²) in [5.41, 5.74) is 0.458. The summed E-state index contributed by atoms with van der Waals surface area (Å²) >= 11 is 0. The van der Waals surface area contributed by atoms with Crippen LogP contribution in [0.4, 0.5) is 17.1 Å². The van der Waals surface area contributed by atoms with E-state index in [4.69, 9.17) is 4.74 Å². The van der Waals surface area contributed by atoms with Crippen molar-refractivity contribution in [2.75, 3.05) is 30.2 Å². The highest BCUT2D eigenvalue weighted by molar-refractivity contribution is 7.93. The number of nitrogens with zero attached hydrogens (tertiary/aromatic N) is 1. The zero-order valence-electron chi connectivity index (χ0n) is 17.6. The van der Waals surface area contributed by atoms with Crippen molar-refractivity contribution in [2.45, 2.75) is 4.90 Å². The fourth-order valence-corrected chi connectivity index (χ4v) is 4.26. The molecule has 0 heterocycles. The van der Waals surface area contributed by atoms with Crippen molar-refractivity contribution >= 4 is 33.0 Å². The highest BCUT2D eigenvalue weighted by atomic mass is 32.2. The molecule has 3 rings (SSSR count). The van der Waals surface area contributed by atoms with Gasteiger partial charge >= 0.3 is 0 Å². The predicted octanol–water partition coefficient (Wildman–Crippen LogP) is 3.25. The summed E-state index contributed by atoms with van der Waals surface area (Å²) in [5.74, 6) is 0.0245. The Balaban J connectivity index is 1.78. The molecule has 0 saturated carbocycles. The van der Waals surface area contributed by atoms with Gasteiger partial charge in [-0.2, -0.15) is 0 Å². The second-order valence-electron chi connectivity index (χ2n) is 6.79. The van der Waals surface area contributed by atoms with Crippen molar-refractivity contribution in [3.63, 3.8) is 0 Å². The third-order valence-corrected chi connectivity index (χ3v) is 5.98. The first-order valence-corrected chi connectivity index (χ1v) is 11.3. The van der Waals surface area contributed by atoms with Crippen LogP contribution in [0.5, 0.6) is 5.75 Å². The Hall–Kier alpha value is -4.12. The second-order valence-corrected chi connectivity index (χ2v) is 8.44. The van der Waals surface area contributed by atoms with Gasteiger partial charge in [-0.15, -0.1) is 0 Å². The molecular weight excluding hydrogens is 448 g/mol. The lowest BCUT2D eigenvalue weighted by atomic mass is 10.2. The monoisotopic (exact) mass is 470 g/mol. The van der Waals surface area contributed by atoms with Gasteiger partial charge in [-0.05, 0) is 30.3 Å². The number of hydrogen-bond acceptors (Lipinski definition) is 7. The minimum absolute atomic E-state index is 0.150. The van der Waals surface area contributed by atoms with Crippen molar-refractivity contribution in [1.82, 2.24) is 5.32 Å². The Labute approximate surface area is 190 Å². The van der Waals surface area contributed by atoms with Crippen molar-refractivity contribution < 1.29 is 22.9 Å². The van der Waals surface area contributed by atoms with Crippen LogP contribution in [0.15, 0.2) is 77.7 Å². The van der Waals surface area contributed by atoms with Gasteiger partial charge in [0.15, 0.2) is 0 Å². The quantitative estimate of drug-likeness (QED) is 0.235. The molecule has 0 aliphatic rings. The molecule has 0 saturated heterocycles. The number of anilines is 2. The first kappa shape index (κ1) is 23.5. The van der Waals surface area contributed by atoms with Crippen molar-refractivity contribution in [3.05, 3.63) is 88.5 Å². The van der Waals surface area contributed by atoms with Crippen LogP contribution < -0.4 is 20.1 Å². The molecule has 0 atom stereocenters. The number of sulfonamides is 1. The summed E-state index contributed by atoms with van der Waals surface area (Å²) in [5, 5.41) is 16.9. The molecule has 0 aromatic heterocycles. The van der Waals surface area contributed by atoms with Crippen LogP contribution in [0.1, 0.15) is 10.4 Å². The van der Waals surface area contributed by atoms with Gasteiger partial charge < -0.3 is 15.4 Å². The van der Waals surface area contributed by atoms with Crippen molar-refractivity contribution in [1.29, 1.82) is 0 Å². The van der Waals surface area contributed by atoms with E-state index in [1.54, 1.807) is 48.5 Å². The number of methoxy groups -OCH3 is 1. The van der Waals surface area contributed by atoms with Crippen LogP contribution in [-0.2, 0) is 10.0 Å². The van der Waals surface area contributed by atoms with Gasteiger partial charge in [0.1, 0.15) is 10.6 Å². The molecule has 3 aromatic carbocycles. The molecule has 33 heavy (non-hydrogen) atoms. The van der Waals surface area contributed by atoms with E-state index in [0.29, 0.717) is 11.3 Å². The number of amides is 1. The first-order chi connectivity index (χ1) is 15.8. The summed E-state index contributed by atoms with van der Waals surface area (Å²) in [7, 11) is -2.81. The molecule has 1 amide bonds. The molecule has 0 radical (unpaired) electrons. The van der Waals surface area contributed by atoms with Crippen LogP contribution >= 0.6 is 0 Å². The number of hydrogen-bond donors (Lipinski definition) is 3. The van der Waals surface area contributed by atoms with Gasteiger partial charge in [0.25, 0.3) is 21.6 Å². The SMILES string of the molecule is COc1ccccc1NS(=O)(=O)c1cc([N+](=O)[O-])ccc1NCCNC(=O)c1ccccc1. The van der Waals surface area contributed by atoms with Crippen LogP contribution in [0.2, 0.25) is 0 Å². The number of carbonyl (C=O) groups is 1. The lowest BCUT2D eigenvalue weighted by Crippen LogP contribution is -2.29. The van der Waals surface area contributed by atoms with E-state index in [2.05, 4.69) is 15.4 Å². The van der Waals surface area contributed by atoms with Crippen LogP contribution in [0.3, 0.4) is 0 Å². The fraction of sp³-hybridized carbons (Fsp3) is 0.136. The zero-order valence-corrected chi connectivity index (χ0v) is 18.5. The predicted molar refractivity (Wildman–Crippen MR) is 124 cm³/mol. The third kappa shape index (κ3) is 5.98. The van der Waals surface area contributed by atoms with Gasteiger partial charge in [0.2, 0.25) is 0 Å². The second kappa shape index (κ2) is 10.5. The van der Waals surface area contributed by atoms with E-state index in [0.717, 1.165) is 6.07 Å². The normalized spacial score (nSPS) is 10.8. The zero-order chi connectivity index (χ0) is 23.8. The maximum atomic E-state index is 13.1. The minimum Gasteiger partial charge on any atom is -0.495 e. The largest absolute Gasteiger partial charge is 0.495 e. The molecule has 0 bridgehead atoms. The number of rotatable bonds is 10. The van der Waals surface area contributed by atoms with Gasteiger partial charge in [0, 0.05) is 30.8 Å². The van der Waals surface area contributed by atoms with Gasteiger partial charge in [0.05, 0.1) is 23.4 Å². The molecule has 0 aliphatic carbocycles. The third-order valence-electron chi connectivity index (χ3n) is 4.58. The number of para-hydroxylation sites is 2. The molecule has 0 spiro atoms. The molecule has 3 aromatic rings. The minimum atomic E-state index is -4.21. The molecular formula is C22H22N4O6S. The van der Waals surface area contributed by atoms with Crippen molar-refractivity contribution in [2.24, 2.45) is 0 Å². The fourth-order valence-electron chi connectivity index (χ4n) is 2.99. The molecule has 172 valence electrons. The molecule has 10 nitrogen and oxygen atoms in total. The van der Waals surface area contributed by atoms with E-state index in [9.17, 15) is 23.3 Å². The average molecular weight is 471 g/mol. The summed E-state index contributed by atoms with van der Waals surface area (Å²) in [4.78, 5) is 22.4. The lowest BCUT2D eigenvalue weighted by Gasteiger charge is -2.15. The van der Waals surface area contributed by atoms with E-state index >= 15 is 0 Å². The summed E-state index contributed by atoms with van der Waals surface area (Å²) < 4.78 is 33.8. The number of non-ortho nitro benzene ring substituents is 1. The van der Waals surface area contributed by atoms with Gasteiger partial charge in [-0.1, -0.05) is 30.3 Å². The first-order valence-electron chi connectivity index (χ1n) is 9.83. The van der Waals surface area contributed by atoms with Crippen LogP contribution in [0.25, 0.3) is 0 Å². The van der Waals surface area contributed by atoms with Gasteiger partial charge in [-0.25, -0.2) is 8.42 Å². The smallest absolute Gasteiger partial charge is 0.270 e. The molecule has 3 N–H and O–H groups in total. The number of benzene rings is 3. The molecule has 0 aliphatic heterocycles. The Morgan fingerprint density at radius 1 is 0.970 bits per heavy atom. The average Bonchev–Trinajstić information content (AvgIpc) is 2.82. The number of nitro groups is 1. The molecule has 0 fully saturated rings.